The van der Waals surface area contributed by atoms with E-state index >= 15 is 0 Å². The highest BCUT2D eigenvalue weighted by Crippen LogP contribution is 2.14. The van der Waals surface area contributed by atoms with E-state index < -0.39 is 0 Å². The van der Waals surface area contributed by atoms with Crippen LogP contribution in [-0.2, 0) is 6.42 Å². The topological polar surface area (TPSA) is 12.0 Å². The highest BCUT2D eigenvalue weighted by molar-refractivity contribution is 7.98. The Hall–Kier alpha value is -0.610. The van der Waals surface area contributed by atoms with E-state index in [0.29, 0.717) is 12.0 Å². The van der Waals surface area contributed by atoms with Crippen molar-refractivity contribution in [2.24, 2.45) is 0 Å². The molecular formula is C14H21F2NS. The molecule has 0 aliphatic carbocycles. The van der Waals surface area contributed by atoms with Crippen LogP contribution in [0.5, 0.6) is 0 Å². The molecule has 0 heterocycles. The molecule has 0 aliphatic heterocycles. The van der Waals surface area contributed by atoms with Gasteiger partial charge in [-0.25, -0.2) is 8.78 Å². The quantitative estimate of drug-likeness (QED) is 0.776. The van der Waals surface area contributed by atoms with Gasteiger partial charge in [0.1, 0.15) is 11.6 Å². The molecule has 1 atom stereocenters. The van der Waals surface area contributed by atoms with E-state index in [0.717, 1.165) is 31.2 Å². The molecule has 1 rings (SSSR count). The van der Waals surface area contributed by atoms with Gasteiger partial charge in [0.2, 0.25) is 0 Å². The van der Waals surface area contributed by atoms with E-state index in [2.05, 4.69) is 18.5 Å². The summed E-state index contributed by atoms with van der Waals surface area (Å²) in [5, 5.41) is 3.40. The summed E-state index contributed by atoms with van der Waals surface area (Å²) < 4.78 is 26.7. The van der Waals surface area contributed by atoms with Crippen LogP contribution in [0.15, 0.2) is 18.2 Å². The van der Waals surface area contributed by atoms with Crippen molar-refractivity contribution in [3.63, 3.8) is 0 Å². The van der Waals surface area contributed by atoms with Gasteiger partial charge in [-0.15, -0.1) is 0 Å². The molecule has 1 aromatic carbocycles. The summed E-state index contributed by atoms with van der Waals surface area (Å²) in [6.07, 6.45) is 4.61. The number of rotatable bonds is 8. The molecule has 1 aromatic rings. The van der Waals surface area contributed by atoms with E-state index in [1.807, 2.05) is 0 Å². The Labute approximate surface area is 112 Å². The van der Waals surface area contributed by atoms with Gasteiger partial charge in [-0.05, 0) is 61.6 Å². The summed E-state index contributed by atoms with van der Waals surface area (Å²) >= 11 is 1.77. The van der Waals surface area contributed by atoms with Crippen LogP contribution in [0.2, 0.25) is 0 Å². The SMILES string of the molecule is CCCNC(CCSC)Cc1cc(F)ccc1F. The number of halogens is 2. The molecule has 1 nitrogen and oxygen atoms in total. The van der Waals surface area contributed by atoms with Gasteiger partial charge in [-0.2, -0.15) is 11.8 Å². The number of hydrogen-bond acceptors (Lipinski definition) is 2. The Kier molecular flexibility index (Phi) is 7.28. The fourth-order valence-corrected chi connectivity index (χ4v) is 2.37. The zero-order chi connectivity index (χ0) is 13.4. The van der Waals surface area contributed by atoms with Crippen LogP contribution in [-0.4, -0.2) is 24.6 Å². The zero-order valence-corrected chi connectivity index (χ0v) is 11.8. The van der Waals surface area contributed by atoms with Crippen molar-refractivity contribution >= 4 is 11.8 Å². The lowest BCUT2D eigenvalue weighted by Gasteiger charge is -2.18. The summed E-state index contributed by atoms with van der Waals surface area (Å²) in [4.78, 5) is 0. The maximum Gasteiger partial charge on any atom is 0.126 e. The molecule has 0 radical (unpaired) electrons. The third kappa shape index (κ3) is 5.36. The largest absolute Gasteiger partial charge is 0.314 e. The van der Waals surface area contributed by atoms with Crippen LogP contribution in [0.3, 0.4) is 0 Å². The van der Waals surface area contributed by atoms with Crippen molar-refractivity contribution in [2.45, 2.75) is 32.2 Å². The second-order valence-corrected chi connectivity index (χ2v) is 5.36. The lowest BCUT2D eigenvalue weighted by molar-refractivity contribution is 0.483. The summed E-state index contributed by atoms with van der Waals surface area (Å²) in [6, 6.07) is 3.88. The van der Waals surface area contributed by atoms with Gasteiger partial charge in [0.05, 0.1) is 0 Å². The fraction of sp³-hybridized carbons (Fsp3) is 0.571. The van der Waals surface area contributed by atoms with Crippen molar-refractivity contribution in [3.05, 3.63) is 35.4 Å². The van der Waals surface area contributed by atoms with Gasteiger partial charge < -0.3 is 5.32 Å². The smallest absolute Gasteiger partial charge is 0.126 e. The Balaban J connectivity index is 2.65. The molecular weight excluding hydrogens is 252 g/mol. The van der Waals surface area contributed by atoms with Crippen molar-refractivity contribution in [1.29, 1.82) is 0 Å². The summed E-state index contributed by atoms with van der Waals surface area (Å²) in [7, 11) is 0. The normalized spacial score (nSPS) is 12.7. The van der Waals surface area contributed by atoms with Gasteiger partial charge in [0, 0.05) is 6.04 Å². The molecule has 0 amide bonds. The lowest BCUT2D eigenvalue weighted by Crippen LogP contribution is -2.32. The Bertz CT molecular complexity index is 350. The minimum Gasteiger partial charge on any atom is -0.314 e. The standard InChI is InChI=1S/C14H21F2NS/c1-3-7-17-13(6-8-18-2)10-11-9-12(15)4-5-14(11)16/h4-5,9,13,17H,3,6-8,10H2,1-2H3. The van der Waals surface area contributed by atoms with Crippen LogP contribution < -0.4 is 5.32 Å². The molecule has 0 bridgehead atoms. The lowest BCUT2D eigenvalue weighted by atomic mass is 10.0. The molecule has 1 unspecified atom stereocenters. The van der Waals surface area contributed by atoms with Gasteiger partial charge in [-0.1, -0.05) is 6.92 Å². The van der Waals surface area contributed by atoms with Crippen molar-refractivity contribution in [1.82, 2.24) is 5.32 Å². The molecule has 0 saturated heterocycles. The number of thioether (sulfide) groups is 1. The first kappa shape index (κ1) is 15.4. The first-order chi connectivity index (χ1) is 8.67. The summed E-state index contributed by atoms with van der Waals surface area (Å²) in [5.41, 5.74) is 0.463. The third-order valence-corrected chi connectivity index (χ3v) is 3.47. The van der Waals surface area contributed by atoms with Crippen LogP contribution in [0.1, 0.15) is 25.3 Å². The molecule has 4 heteroatoms. The number of benzene rings is 1. The maximum absolute atomic E-state index is 13.6. The minimum atomic E-state index is -0.370. The van der Waals surface area contributed by atoms with E-state index in [1.54, 1.807) is 11.8 Å². The second kappa shape index (κ2) is 8.48. The van der Waals surface area contributed by atoms with Crippen molar-refractivity contribution < 1.29 is 8.78 Å². The Morgan fingerprint density at radius 1 is 1.33 bits per heavy atom. The van der Waals surface area contributed by atoms with Crippen LogP contribution in [0, 0.1) is 11.6 Å². The molecule has 0 fully saturated rings. The van der Waals surface area contributed by atoms with Crippen molar-refractivity contribution in [3.8, 4) is 0 Å². The third-order valence-electron chi connectivity index (χ3n) is 2.83. The molecule has 0 aromatic heterocycles. The van der Waals surface area contributed by atoms with E-state index in [1.165, 1.54) is 12.1 Å². The second-order valence-electron chi connectivity index (χ2n) is 4.37. The predicted molar refractivity (Wildman–Crippen MR) is 75.1 cm³/mol. The van der Waals surface area contributed by atoms with E-state index in [4.69, 9.17) is 0 Å². The van der Waals surface area contributed by atoms with Crippen LogP contribution in [0.25, 0.3) is 0 Å². The summed E-state index contributed by atoms with van der Waals surface area (Å²) in [6.45, 7) is 3.01. The number of hydrogen-bond donors (Lipinski definition) is 1. The predicted octanol–water partition coefficient (Wildman–Crippen LogP) is 3.63. The molecule has 18 heavy (non-hydrogen) atoms. The average Bonchev–Trinajstić information content (AvgIpc) is 2.37. The highest BCUT2D eigenvalue weighted by Gasteiger charge is 2.12. The van der Waals surface area contributed by atoms with Gasteiger partial charge >= 0.3 is 0 Å². The van der Waals surface area contributed by atoms with Crippen molar-refractivity contribution in [2.75, 3.05) is 18.6 Å². The first-order valence-corrected chi connectivity index (χ1v) is 7.73. The van der Waals surface area contributed by atoms with E-state index in [9.17, 15) is 8.78 Å². The first-order valence-electron chi connectivity index (χ1n) is 6.33. The maximum atomic E-state index is 13.6. The number of nitrogens with one attached hydrogen (secondary N) is 1. The Morgan fingerprint density at radius 2 is 2.11 bits per heavy atom. The average molecular weight is 273 g/mol. The molecule has 0 aliphatic rings. The molecule has 0 spiro atoms. The molecule has 1 N–H and O–H groups in total. The summed E-state index contributed by atoms with van der Waals surface area (Å²) in [5.74, 6) is 0.340. The monoisotopic (exact) mass is 273 g/mol. The zero-order valence-electron chi connectivity index (χ0n) is 11.0. The Morgan fingerprint density at radius 3 is 2.78 bits per heavy atom. The van der Waals surface area contributed by atoms with Gasteiger partial charge in [-0.3, -0.25) is 0 Å². The highest BCUT2D eigenvalue weighted by atomic mass is 32.2. The van der Waals surface area contributed by atoms with E-state index in [-0.39, 0.29) is 17.7 Å². The molecule has 0 saturated carbocycles. The van der Waals surface area contributed by atoms with Crippen LogP contribution in [0.4, 0.5) is 8.78 Å². The molecule has 102 valence electrons. The fourth-order valence-electron chi connectivity index (χ4n) is 1.85. The van der Waals surface area contributed by atoms with Crippen LogP contribution >= 0.6 is 11.8 Å². The van der Waals surface area contributed by atoms with Gasteiger partial charge in [0.15, 0.2) is 0 Å². The van der Waals surface area contributed by atoms with Gasteiger partial charge in [0.25, 0.3) is 0 Å². The minimum absolute atomic E-state index is 0.216.